The number of aromatic amines is 1. The van der Waals surface area contributed by atoms with Crippen molar-refractivity contribution in [1.82, 2.24) is 10.2 Å². The van der Waals surface area contributed by atoms with E-state index in [1.54, 1.807) is 7.11 Å². The summed E-state index contributed by atoms with van der Waals surface area (Å²) in [5, 5.41) is 6.87. The number of benzene rings is 2. The van der Waals surface area contributed by atoms with E-state index in [1.807, 2.05) is 30.3 Å². The molecule has 0 spiro atoms. The summed E-state index contributed by atoms with van der Waals surface area (Å²) in [6, 6.07) is 13.8. The molecule has 2 aromatic carbocycles. The van der Waals surface area contributed by atoms with Gasteiger partial charge < -0.3 is 4.74 Å². The quantitative estimate of drug-likeness (QED) is 0.682. The van der Waals surface area contributed by atoms with Crippen molar-refractivity contribution < 1.29 is 9.13 Å². The first-order valence-corrected chi connectivity index (χ1v) is 8.24. The Morgan fingerprint density at radius 2 is 2.12 bits per heavy atom. The van der Waals surface area contributed by atoms with Crippen molar-refractivity contribution in [2.75, 3.05) is 7.11 Å². The molecule has 0 unspecified atom stereocenters. The number of fused-ring (bicyclic) bond motifs is 1. The zero-order chi connectivity index (χ0) is 16.5. The minimum Gasteiger partial charge on any atom is -0.497 e. The van der Waals surface area contributed by atoms with Gasteiger partial charge in [0.2, 0.25) is 5.95 Å². The number of aromatic nitrogens is 2. The van der Waals surface area contributed by atoms with Crippen LogP contribution in [0.1, 0.15) is 30.4 Å². The monoisotopic (exact) mass is 322 g/mol. The van der Waals surface area contributed by atoms with E-state index < -0.39 is 0 Å². The molecule has 24 heavy (non-hydrogen) atoms. The minimum absolute atomic E-state index is 0.383. The molecule has 3 aromatic rings. The van der Waals surface area contributed by atoms with E-state index in [9.17, 15) is 4.39 Å². The molecule has 1 aliphatic rings. The van der Waals surface area contributed by atoms with E-state index in [-0.39, 0.29) is 5.95 Å². The Morgan fingerprint density at radius 3 is 2.88 bits per heavy atom. The first-order chi connectivity index (χ1) is 11.7. The van der Waals surface area contributed by atoms with Crippen LogP contribution in [-0.4, -0.2) is 17.3 Å². The molecule has 0 aliphatic heterocycles. The summed E-state index contributed by atoms with van der Waals surface area (Å²) >= 11 is 0. The van der Waals surface area contributed by atoms with Gasteiger partial charge in [-0.2, -0.15) is 9.49 Å². The van der Waals surface area contributed by atoms with E-state index in [2.05, 4.69) is 28.4 Å². The second kappa shape index (κ2) is 6.11. The highest BCUT2D eigenvalue weighted by molar-refractivity contribution is 5.87. The van der Waals surface area contributed by atoms with Gasteiger partial charge in [0.05, 0.1) is 18.0 Å². The van der Waals surface area contributed by atoms with Crippen LogP contribution in [-0.2, 0) is 0 Å². The second-order valence-electron chi connectivity index (χ2n) is 6.27. The van der Waals surface area contributed by atoms with Crippen molar-refractivity contribution in [1.29, 1.82) is 0 Å². The molecule has 3 nitrogen and oxygen atoms in total. The Hall–Kier alpha value is -2.62. The van der Waals surface area contributed by atoms with Crippen LogP contribution in [0.3, 0.4) is 0 Å². The maximum absolute atomic E-state index is 13.8. The lowest BCUT2D eigenvalue weighted by Gasteiger charge is -2.29. The maximum Gasteiger partial charge on any atom is 0.216 e. The van der Waals surface area contributed by atoms with Crippen molar-refractivity contribution in [2.24, 2.45) is 5.92 Å². The summed E-state index contributed by atoms with van der Waals surface area (Å²) in [7, 11) is 1.68. The number of methoxy groups -OCH3 is 1. The molecule has 1 aliphatic carbocycles. The number of nitrogens with zero attached hydrogens (tertiary/aromatic N) is 1. The van der Waals surface area contributed by atoms with Gasteiger partial charge in [-0.15, -0.1) is 0 Å². The van der Waals surface area contributed by atoms with Crippen LogP contribution >= 0.6 is 0 Å². The molecule has 1 fully saturated rings. The molecule has 0 amide bonds. The van der Waals surface area contributed by atoms with Crippen LogP contribution in [0, 0.1) is 11.9 Å². The number of ether oxygens (including phenoxy) is 1. The molecule has 1 saturated carbocycles. The Balaban J connectivity index is 1.79. The van der Waals surface area contributed by atoms with Crippen LogP contribution in [0.2, 0.25) is 0 Å². The molecule has 0 atom stereocenters. The molecule has 1 N–H and O–H groups in total. The number of hydrogen-bond acceptors (Lipinski definition) is 2. The summed E-state index contributed by atoms with van der Waals surface area (Å²) in [6.45, 7) is 0. The van der Waals surface area contributed by atoms with E-state index in [0.29, 0.717) is 16.8 Å². The number of H-pyrrole nitrogens is 1. The van der Waals surface area contributed by atoms with Crippen LogP contribution in [0.25, 0.3) is 22.6 Å². The fraction of sp³-hybridized carbons (Fsp3) is 0.250. The highest BCUT2D eigenvalue weighted by atomic mass is 19.1. The van der Waals surface area contributed by atoms with Crippen molar-refractivity contribution in [3.05, 3.63) is 59.5 Å². The molecule has 4 rings (SSSR count). The number of rotatable bonds is 4. The Bertz CT molecular complexity index is 909. The maximum atomic E-state index is 13.8. The van der Waals surface area contributed by atoms with E-state index in [0.717, 1.165) is 11.3 Å². The third-order valence-corrected chi connectivity index (χ3v) is 4.80. The second-order valence-corrected chi connectivity index (χ2v) is 6.27. The molecule has 1 aromatic heterocycles. The third kappa shape index (κ3) is 2.68. The van der Waals surface area contributed by atoms with Crippen molar-refractivity contribution in [3.8, 4) is 5.75 Å². The van der Waals surface area contributed by atoms with Crippen molar-refractivity contribution in [3.63, 3.8) is 0 Å². The molecular weight excluding hydrogens is 303 g/mol. The number of nitrogens with one attached hydrogen (secondary N) is 1. The highest BCUT2D eigenvalue weighted by Gasteiger charge is 2.23. The summed E-state index contributed by atoms with van der Waals surface area (Å²) < 4.78 is 19.1. The predicted molar refractivity (Wildman–Crippen MR) is 94.3 cm³/mol. The van der Waals surface area contributed by atoms with Gasteiger partial charge >= 0.3 is 0 Å². The van der Waals surface area contributed by atoms with Gasteiger partial charge in [-0.3, -0.25) is 5.10 Å². The Kier molecular flexibility index (Phi) is 3.81. The Morgan fingerprint density at radius 1 is 1.25 bits per heavy atom. The fourth-order valence-corrected chi connectivity index (χ4v) is 3.22. The summed E-state index contributed by atoms with van der Waals surface area (Å²) in [4.78, 5) is 0. The van der Waals surface area contributed by atoms with E-state index >= 15 is 0 Å². The van der Waals surface area contributed by atoms with Crippen LogP contribution < -0.4 is 4.74 Å². The van der Waals surface area contributed by atoms with Gasteiger partial charge in [-0.25, -0.2) is 0 Å². The largest absolute Gasteiger partial charge is 0.497 e. The molecule has 122 valence electrons. The van der Waals surface area contributed by atoms with Gasteiger partial charge in [0, 0.05) is 0 Å². The van der Waals surface area contributed by atoms with E-state index in [1.165, 1.54) is 30.4 Å². The number of allylic oxidation sites excluding steroid dienone is 1. The lowest BCUT2D eigenvalue weighted by atomic mass is 9.76. The Labute approximate surface area is 140 Å². The topological polar surface area (TPSA) is 37.9 Å². The molecule has 1 heterocycles. The molecule has 0 saturated heterocycles. The van der Waals surface area contributed by atoms with Gasteiger partial charge in [-0.05, 0) is 59.7 Å². The average molecular weight is 322 g/mol. The molecular formula is C20H19FN2O. The van der Waals surface area contributed by atoms with Gasteiger partial charge in [0.15, 0.2) is 0 Å². The first kappa shape index (κ1) is 14.9. The summed E-state index contributed by atoms with van der Waals surface area (Å²) in [5.41, 5.74) is 4.11. The average Bonchev–Trinajstić information content (AvgIpc) is 2.93. The van der Waals surface area contributed by atoms with E-state index in [4.69, 9.17) is 4.74 Å². The predicted octanol–water partition coefficient (Wildman–Crippen LogP) is 5.05. The lowest BCUT2D eigenvalue weighted by molar-refractivity contribution is 0.400. The fourth-order valence-electron chi connectivity index (χ4n) is 3.22. The minimum atomic E-state index is -0.383. The molecule has 0 bridgehead atoms. The smallest absolute Gasteiger partial charge is 0.216 e. The summed E-state index contributed by atoms with van der Waals surface area (Å²) in [5.74, 6) is 1.03. The van der Waals surface area contributed by atoms with Gasteiger partial charge in [0.25, 0.3) is 0 Å². The van der Waals surface area contributed by atoms with Crippen LogP contribution in [0.15, 0.2) is 42.5 Å². The highest BCUT2D eigenvalue weighted by Crippen LogP contribution is 2.40. The SMILES string of the molecule is COc1cccc(/C(=C/c2ccc3n[nH]c(F)c3c2)C2CCC2)c1. The number of halogens is 1. The van der Waals surface area contributed by atoms with Gasteiger partial charge in [-0.1, -0.05) is 30.7 Å². The van der Waals surface area contributed by atoms with Crippen LogP contribution in [0.4, 0.5) is 4.39 Å². The van der Waals surface area contributed by atoms with Gasteiger partial charge in [0.1, 0.15) is 5.75 Å². The zero-order valence-corrected chi connectivity index (χ0v) is 13.6. The van der Waals surface area contributed by atoms with Crippen LogP contribution in [0.5, 0.6) is 5.75 Å². The first-order valence-electron chi connectivity index (χ1n) is 8.24. The molecule has 0 radical (unpaired) electrons. The summed E-state index contributed by atoms with van der Waals surface area (Å²) in [6.07, 6.45) is 5.84. The number of hydrogen-bond donors (Lipinski definition) is 1. The lowest BCUT2D eigenvalue weighted by Crippen LogP contribution is -2.13. The normalized spacial score (nSPS) is 15.5. The standard InChI is InChI=1S/C20H19FN2O/c1-24-16-7-3-6-15(12-16)17(14-4-2-5-14)10-13-8-9-19-18(11-13)20(21)23-22-19/h3,6-12,14H,2,4-5H2,1H3,(H,22,23)/b17-10+. The zero-order valence-electron chi connectivity index (χ0n) is 13.6. The van der Waals surface area contributed by atoms with Crippen molar-refractivity contribution in [2.45, 2.75) is 19.3 Å². The third-order valence-electron chi connectivity index (χ3n) is 4.80. The van der Waals surface area contributed by atoms with Crippen molar-refractivity contribution >= 4 is 22.6 Å². The molecule has 4 heteroatoms.